The van der Waals surface area contributed by atoms with Gasteiger partial charge in [-0.2, -0.15) is 5.26 Å². The van der Waals surface area contributed by atoms with E-state index in [2.05, 4.69) is 22.0 Å². The van der Waals surface area contributed by atoms with E-state index in [0.717, 1.165) is 19.3 Å². The molecule has 1 N–H and O–H groups in total. The summed E-state index contributed by atoms with van der Waals surface area (Å²) in [6.07, 6.45) is 2.80. The van der Waals surface area contributed by atoms with E-state index < -0.39 is 17.3 Å². The number of nitriles is 1. The van der Waals surface area contributed by atoms with Crippen LogP contribution in [0.1, 0.15) is 37.4 Å². The van der Waals surface area contributed by atoms with Gasteiger partial charge in [-0.3, -0.25) is 0 Å². The number of aliphatic hydroxyl groups is 1. The van der Waals surface area contributed by atoms with E-state index in [-0.39, 0.29) is 11.5 Å². The highest BCUT2D eigenvalue weighted by Gasteiger charge is 2.56. The Morgan fingerprint density at radius 1 is 1.47 bits per heavy atom. The summed E-state index contributed by atoms with van der Waals surface area (Å²) in [7, 11) is 0. The molecule has 0 aliphatic heterocycles. The van der Waals surface area contributed by atoms with Crippen LogP contribution in [-0.4, -0.2) is 5.11 Å². The maximum Gasteiger partial charge on any atom is 0.130 e. The van der Waals surface area contributed by atoms with Gasteiger partial charge in [-0.15, -0.1) is 0 Å². The van der Waals surface area contributed by atoms with Crippen molar-refractivity contribution in [1.82, 2.24) is 0 Å². The fourth-order valence-corrected chi connectivity index (χ4v) is 4.24. The summed E-state index contributed by atoms with van der Waals surface area (Å²) < 4.78 is 14.6. The number of benzene rings is 1. The molecule has 2 aliphatic rings. The van der Waals surface area contributed by atoms with E-state index in [4.69, 9.17) is 0 Å². The first-order valence-electron chi connectivity index (χ1n) is 6.61. The van der Waals surface area contributed by atoms with Gasteiger partial charge in [0.05, 0.1) is 11.5 Å². The fraction of sp³-hybridized carbons (Fsp3) is 0.533. The summed E-state index contributed by atoms with van der Waals surface area (Å²) in [5.74, 6) is 0.289. The van der Waals surface area contributed by atoms with Gasteiger partial charge in [-0.05, 0) is 43.2 Å². The van der Waals surface area contributed by atoms with Crippen molar-refractivity contribution < 1.29 is 9.50 Å². The molecule has 0 radical (unpaired) electrons. The summed E-state index contributed by atoms with van der Waals surface area (Å²) in [5.41, 5.74) is -0.547. The Hall–Kier alpha value is -0.920. The number of fused-ring (bicyclic) bond motifs is 2. The van der Waals surface area contributed by atoms with Gasteiger partial charge in [0, 0.05) is 10.0 Å². The third-order valence-corrected chi connectivity index (χ3v) is 5.34. The predicted octanol–water partition coefficient (Wildman–Crippen LogP) is 3.95. The lowest BCUT2D eigenvalue weighted by molar-refractivity contribution is 0.0208. The number of halogens is 2. The maximum atomic E-state index is 14.0. The van der Waals surface area contributed by atoms with Gasteiger partial charge in [-0.1, -0.05) is 28.4 Å². The van der Waals surface area contributed by atoms with Crippen LogP contribution in [0.25, 0.3) is 0 Å². The van der Waals surface area contributed by atoms with E-state index in [9.17, 15) is 14.8 Å². The minimum atomic E-state index is -1.03. The summed E-state index contributed by atoms with van der Waals surface area (Å²) in [6.45, 7) is 0. The first kappa shape index (κ1) is 13.1. The van der Waals surface area contributed by atoms with Crippen LogP contribution in [0.2, 0.25) is 0 Å². The quantitative estimate of drug-likeness (QED) is 0.895. The summed E-state index contributed by atoms with van der Waals surface area (Å²) in [5, 5.41) is 20.2. The first-order chi connectivity index (χ1) is 9.06. The summed E-state index contributed by atoms with van der Waals surface area (Å²) >= 11 is 3.21. The van der Waals surface area contributed by atoms with Gasteiger partial charge in [0.15, 0.2) is 0 Å². The van der Waals surface area contributed by atoms with Crippen molar-refractivity contribution in [2.45, 2.75) is 31.8 Å². The molecule has 2 fully saturated rings. The molecule has 19 heavy (non-hydrogen) atoms. The SMILES string of the molecule is N#CC1(C(O)c2ccc(Br)cc2F)CC2CCC1C2. The van der Waals surface area contributed by atoms with Crippen molar-refractivity contribution in [3.05, 3.63) is 34.1 Å². The molecule has 100 valence electrons. The summed E-state index contributed by atoms with van der Waals surface area (Å²) in [4.78, 5) is 0. The highest BCUT2D eigenvalue weighted by molar-refractivity contribution is 9.10. The van der Waals surface area contributed by atoms with Gasteiger partial charge >= 0.3 is 0 Å². The molecule has 2 bridgehead atoms. The molecule has 2 nitrogen and oxygen atoms in total. The van der Waals surface area contributed by atoms with Crippen molar-refractivity contribution in [2.24, 2.45) is 17.3 Å². The van der Waals surface area contributed by atoms with Crippen molar-refractivity contribution >= 4 is 15.9 Å². The molecule has 3 rings (SSSR count). The largest absolute Gasteiger partial charge is 0.387 e. The van der Waals surface area contributed by atoms with E-state index in [1.165, 1.54) is 6.07 Å². The third-order valence-electron chi connectivity index (χ3n) is 4.85. The van der Waals surface area contributed by atoms with Crippen molar-refractivity contribution in [1.29, 1.82) is 5.26 Å². The molecule has 0 heterocycles. The monoisotopic (exact) mass is 323 g/mol. The molecule has 0 aromatic heterocycles. The van der Waals surface area contributed by atoms with Crippen molar-refractivity contribution in [3.8, 4) is 6.07 Å². The minimum Gasteiger partial charge on any atom is -0.387 e. The van der Waals surface area contributed by atoms with Crippen molar-refractivity contribution in [3.63, 3.8) is 0 Å². The lowest BCUT2D eigenvalue weighted by atomic mass is 9.68. The molecule has 1 aromatic carbocycles. The number of hydrogen-bond donors (Lipinski definition) is 1. The lowest BCUT2D eigenvalue weighted by Gasteiger charge is -2.35. The fourth-order valence-electron chi connectivity index (χ4n) is 3.91. The smallest absolute Gasteiger partial charge is 0.130 e. The van der Waals surface area contributed by atoms with Crippen LogP contribution in [0.4, 0.5) is 4.39 Å². The topological polar surface area (TPSA) is 44.0 Å². The molecule has 1 aromatic rings. The van der Waals surface area contributed by atoms with E-state index in [1.54, 1.807) is 12.1 Å². The van der Waals surface area contributed by atoms with Gasteiger partial charge in [0.2, 0.25) is 0 Å². The molecule has 2 saturated carbocycles. The Balaban J connectivity index is 1.99. The van der Waals surface area contributed by atoms with Gasteiger partial charge in [0.1, 0.15) is 11.9 Å². The van der Waals surface area contributed by atoms with Gasteiger partial charge in [-0.25, -0.2) is 4.39 Å². The number of nitrogens with zero attached hydrogens (tertiary/aromatic N) is 1. The minimum absolute atomic E-state index is 0.209. The molecule has 0 spiro atoms. The molecular formula is C15H15BrFNO. The van der Waals surface area contributed by atoms with Crippen LogP contribution >= 0.6 is 15.9 Å². The van der Waals surface area contributed by atoms with E-state index in [0.29, 0.717) is 16.8 Å². The second-order valence-corrected chi connectivity index (χ2v) is 6.72. The van der Waals surface area contributed by atoms with E-state index in [1.807, 2.05) is 0 Å². The molecule has 4 atom stereocenters. The molecular weight excluding hydrogens is 309 g/mol. The van der Waals surface area contributed by atoms with Crippen LogP contribution in [0.15, 0.2) is 22.7 Å². The lowest BCUT2D eigenvalue weighted by Crippen LogP contribution is -2.33. The molecule has 0 amide bonds. The van der Waals surface area contributed by atoms with Crippen LogP contribution in [0, 0.1) is 34.4 Å². The third kappa shape index (κ3) is 1.91. The average Bonchev–Trinajstić information content (AvgIpc) is 2.98. The second kappa shape index (κ2) is 4.57. The standard InChI is InChI=1S/C15H15BrFNO/c16-11-3-4-12(13(17)6-11)14(19)15(8-18)7-9-1-2-10(15)5-9/h3-4,6,9-10,14,19H,1-2,5,7H2. The highest BCUT2D eigenvalue weighted by Crippen LogP contribution is 2.60. The summed E-state index contributed by atoms with van der Waals surface area (Å²) in [6, 6.07) is 6.95. The van der Waals surface area contributed by atoms with E-state index >= 15 is 0 Å². The van der Waals surface area contributed by atoms with Crippen LogP contribution < -0.4 is 0 Å². The highest BCUT2D eigenvalue weighted by atomic mass is 79.9. The number of hydrogen-bond acceptors (Lipinski definition) is 2. The normalized spacial score (nSPS) is 34.2. The van der Waals surface area contributed by atoms with Gasteiger partial charge in [0.25, 0.3) is 0 Å². The second-order valence-electron chi connectivity index (χ2n) is 5.80. The van der Waals surface area contributed by atoms with Crippen LogP contribution in [0.3, 0.4) is 0 Å². The predicted molar refractivity (Wildman–Crippen MR) is 72.6 cm³/mol. The Labute approximate surface area is 120 Å². The van der Waals surface area contributed by atoms with Crippen LogP contribution in [0.5, 0.6) is 0 Å². The van der Waals surface area contributed by atoms with Crippen molar-refractivity contribution in [2.75, 3.05) is 0 Å². The Morgan fingerprint density at radius 3 is 2.79 bits per heavy atom. The Kier molecular flexibility index (Phi) is 3.15. The Morgan fingerprint density at radius 2 is 2.26 bits per heavy atom. The molecule has 4 unspecified atom stereocenters. The van der Waals surface area contributed by atoms with Crippen LogP contribution in [-0.2, 0) is 0 Å². The zero-order chi connectivity index (χ0) is 13.6. The maximum absolute atomic E-state index is 14.0. The zero-order valence-corrected chi connectivity index (χ0v) is 12.0. The average molecular weight is 324 g/mol. The number of rotatable bonds is 2. The molecule has 2 aliphatic carbocycles. The molecule has 0 saturated heterocycles. The number of aliphatic hydroxyl groups excluding tert-OH is 1. The Bertz CT molecular complexity index is 556. The zero-order valence-electron chi connectivity index (χ0n) is 10.4. The first-order valence-corrected chi connectivity index (χ1v) is 7.40. The van der Waals surface area contributed by atoms with Gasteiger partial charge < -0.3 is 5.11 Å². The molecule has 4 heteroatoms.